The van der Waals surface area contributed by atoms with Crippen LogP contribution in [0.1, 0.15) is 51.9 Å². The Hall–Kier alpha value is -4.34. The summed E-state index contributed by atoms with van der Waals surface area (Å²) in [6.07, 6.45) is 2.12. The molecule has 1 N–H and O–H groups in total. The maximum Gasteiger partial charge on any atom is 0.514 e. The van der Waals surface area contributed by atoms with Crippen LogP contribution in [-0.2, 0) is 27.5 Å². The Morgan fingerprint density at radius 3 is 2.37 bits per heavy atom. The number of hydrogen-bond acceptors (Lipinski definition) is 7. The molecule has 0 aliphatic carbocycles. The minimum Gasteiger partial charge on any atom is -0.428 e. The van der Waals surface area contributed by atoms with Crippen LogP contribution in [0.15, 0.2) is 95.9 Å². The minimum absolute atomic E-state index is 0.208. The maximum atomic E-state index is 12.9. The van der Waals surface area contributed by atoms with Gasteiger partial charge in [0.25, 0.3) is 0 Å². The van der Waals surface area contributed by atoms with Crippen LogP contribution in [0, 0.1) is 0 Å². The van der Waals surface area contributed by atoms with Gasteiger partial charge in [0.15, 0.2) is 9.84 Å². The number of unbranched alkanes of at least 4 members (excludes halogenated alkanes) is 1. The lowest BCUT2D eigenvalue weighted by molar-refractivity contribution is 0.0207. The van der Waals surface area contributed by atoms with Gasteiger partial charge in [0.2, 0.25) is 0 Å². The fourth-order valence-corrected chi connectivity index (χ4v) is 6.22. The van der Waals surface area contributed by atoms with Crippen LogP contribution >= 0.6 is 11.6 Å². The molecule has 0 spiro atoms. The first-order chi connectivity index (χ1) is 21.9. The maximum absolute atomic E-state index is 12.9. The third-order valence-corrected chi connectivity index (χ3v) is 9.06. The monoisotopic (exact) mass is 659 g/mol. The van der Waals surface area contributed by atoms with E-state index in [0.29, 0.717) is 23.0 Å². The van der Waals surface area contributed by atoms with Gasteiger partial charge in [-0.3, -0.25) is 0 Å². The molecule has 10 heteroatoms. The van der Waals surface area contributed by atoms with Crippen LogP contribution in [-0.4, -0.2) is 35.6 Å². The topological polar surface area (TPSA) is 99.5 Å². The largest absolute Gasteiger partial charge is 0.514 e. The fourth-order valence-electron chi connectivity index (χ4n) is 5.02. The van der Waals surface area contributed by atoms with Crippen LogP contribution in [0.25, 0.3) is 22.2 Å². The highest BCUT2D eigenvalue weighted by Crippen LogP contribution is 2.31. The van der Waals surface area contributed by atoms with E-state index in [1.54, 1.807) is 39.0 Å². The number of anilines is 1. The van der Waals surface area contributed by atoms with E-state index in [2.05, 4.69) is 28.9 Å². The summed E-state index contributed by atoms with van der Waals surface area (Å²) < 4.78 is 38.9. The number of nitrogens with one attached hydrogen (secondary N) is 1. The molecule has 0 radical (unpaired) electrons. The lowest BCUT2D eigenvalue weighted by Crippen LogP contribution is -2.26. The molecule has 240 valence electrons. The van der Waals surface area contributed by atoms with Gasteiger partial charge in [-0.25, -0.2) is 18.2 Å². The Balaban J connectivity index is 1.38. The summed E-state index contributed by atoms with van der Waals surface area (Å²) >= 11 is 5.93. The van der Waals surface area contributed by atoms with Gasteiger partial charge in [0, 0.05) is 29.2 Å². The molecule has 0 atom stereocenters. The molecule has 0 saturated carbocycles. The van der Waals surface area contributed by atoms with Crippen molar-refractivity contribution < 1.29 is 22.7 Å². The van der Waals surface area contributed by atoms with E-state index in [1.807, 2.05) is 48.5 Å². The summed E-state index contributed by atoms with van der Waals surface area (Å²) in [6, 6.07) is 27.4. The molecule has 0 fully saturated rings. The number of hydrogen-bond donors (Lipinski definition) is 1. The molecule has 4 aromatic carbocycles. The summed E-state index contributed by atoms with van der Waals surface area (Å²) in [7, 11) is -3.57. The molecule has 0 unspecified atom stereocenters. The summed E-state index contributed by atoms with van der Waals surface area (Å²) in [6.45, 7) is 8.11. The average Bonchev–Trinajstić information content (AvgIpc) is 3.35. The van der Waals surface area contributed by atoms with Crippen molar-refractivity contribution in [1.82, 2.24) is 9.55 Å². The van der Waals surface area contributed by atoms with E-state index in [1.165, 1.54) is 12.1 Å². The number of halogens is 1. The van der Waals surface area contributed by atoms with E-state index in [9.17, 15) is 13.2 Å². The number of rotatable bonds is 11. The number of carbonyl (C=O) groups excluding carboxylic acids is 1. The van der Waals surface area contributed by atoms with Crippen molar-refractivity contribution in [2.75, 3.05) is 11.2 Å². The molecule has 46 heavy (non-hydrogen) atoms. The average molecular weight is 660 g/mol. The lowest BCUT2D eigenvalue weighted by Gasteiger charge is -2.19. The molecule has 5 aromatic rings. The van der Waals surface area contributed by atoms with E-state index in [0.717, 1.165) is 52.8 Å². The number of aromatic nitrogens is 2. The van der Waals surface area contributed by atoms with Crippen LogP contribution in [0.3, 0.4) is 0 Å². The number of fused-ring (bicyclic) bond motifs is 1. The molecule has 1 aromatic heterocycles. The molecular formula is C36H38ClN3O5S. The van der Waals surface area contributed by atoms with Crippen molar-refractivity contribution in [3.05, 3.63) is 107 Å². The third kappa shape index (κ3) is 8.27. The third-order valence-electron chi connectivity index (χ3n) is 7.30. The van der Waals surface area contributed by atoms with Crippen molar-refractivity contribution in [2.24, 2.45) is 0 Å². The van der Waals surface area contributed by atoms with Crippen LogP contribution in [0.2, 0.25) is 5.02 Å². The van der Waals surface area contributed by atoms with E-state index in [-0.39, 0.29) is 10.8 Å². The smallest absolute Gasteiger partial charge is 0.428 e. The van der Waals surface area contributed by atoms with Gasteiger partial charge in [-0.1, -0.05) is 67.4 Å². The number of imidazole rings is 1. The highest BCUT2D eigenvalue weighted by atomic mass is 35.5. The van der Waals surface area contributed by atoms with Gasteiger partial charge in [-0.05, 0) is 86.8 Å². The zero-order valence-corrected chi connectivity index (χ0v) is 28.0. The van der Waals surface area contributed by atoms with Gasteiger partial charge >= 0.3 is 6.16 Å². The first kappa shape index (κ1) is 33.0. The normalized spacial score (nSPS) is 11.8. The van der Waals surface area contributed by atoms with Crippen molar-refractivity contribution in [1.29, 1.82) is 0 Å². The molecule has 0 aliphatic heterocycles. The molecule has 0 saturated heterocycles. The molecule has 8 nitrogen and oxygen atoms in total. The number of aryl methyl sites for hydroxylation is 1. The van der Waals surface area contributed by atoms with Gasteiger partial charge in [0.1, 0.15) is 23.1 Å². The highest BCUT2D eigenvalue weighted by Gasteiger charge is 2.20. The number of carbonyl (C=O) groups is 1. The van der Waals surface area contributed by atoms with Gasteiger partial charge in [-0.15, -0.1) is 0 Å². The Bertz CT molecular complexity index is 1930. The second-order valence-corrected chi connectivity index (χ2v) is 14.5. The highest BCUT2D eigenvalue weighted by molar-refractivity contribution is 7.91. The number of nitrogens with zero attached hydrogens (tertiary/aromatic N) is 2. The fraction of sp³-hybridized carbons (Fsp3) is 0.278. The van der Waals surface area contributed by atoms with E-state index < -0.39 is 21.6 Å². The van der Waals surface area contributed by atoms with Gasteiger partial charge < -0.3 is 19.4 Å². The van der Waals surface area contributed by atoms with Crippen molar-refractivity contribution in [3.63, 3.8) is 0 Å². The van der Waals surface area contributed by atoms with E-state index in [4.69, 9.17) is 26.1 Å². The Labute approximate surface area is 275 Å². The summed E-state index contributed by atoms with van der Waals surface area (Å²) in [5.74, 6) is 1.14. The molecular weight excluding hydrogens is 622 g/mol. The van der Waals surface area contributed by atoms with Gasteiger partial charge in [0.05, 0.1) is 15.9 Å². The van der Waals surface area contributed by atoms with Gasteiger partial charge in [-0.2, -0.15) is 0 Å². The van der Waals surface area contributed by atoms with Crippen molar-refractivity contribution >= 4 is 44.3 Å². The summed E-state index contributed by atoms with van der Waals surface area (Å²) in [5, 5.41) is 3.57. The van der Waals surface area contributed by atoms with Crippen LogP contribution < -0.4 is 10.1 Å². The van der Waals surface area contributed by atoms with Crippen LogP contribution in [0.5, 0.6) is 5.75 Å². The SMILES string of the molecule is CCCCc1nc2ccc(NCS(=O)(=O)c3ccc(Cl)cc3)cc2n1Cc1ccc(-c2ccccc2OC(=O)OC(C)(C)C)cc1. The quantitative estimate of drug-likeness (QED) is 0.112. The second-order valence-electron chi connectivity index (χ2n) is 12.1. The number of sulfone groups is 1. The zero-order chi connectivity index (χ0) is 32.9. The Morgan fingerprint density at radius 1 is 0.957 bits per heavy atom. The van der Waals surface area contributed by atoms with Crippen molar-refractivity contribution in [2.45, 2.75) is 64.0 Å². The number of para-hydroxylation sites is 1. The Kier molecular flexibility index (Phi) is 10.0. The predicted molar refractivity (Wildman–Crippen MR) is 183 cm³/mol. The number of benzene rings is 4. The first-order valence-corrected chi connectivity index (χ1v) is 17.3. The van der Waals surface area contributed by atoms with Crippen molar-refractivity contribution in [3.8, 4) is 16.9 Å². The standard InChI is InChI=1S/C36H38ClN3O5S/c1-5-6-11-34-39-31-21-18-28(38-24-46(42,43)29-19-16-27(37)17-20-29)22-32(31)40(34)23-25-12-14-26(15-13-25)30-9-7-8-10-33(30)44-35(41)45-36(2,3)4/h7-10,12-22,38H,5-6,11,23-24H2,1-4H3. The molecule has 1 heterocycles. The second kappa shape index (κ2) is 14.0. The minimum atomic E-state index is -3.57. The Morgan fingerprint density at radius 2 is 1.67 bits per heavy atom. The molecule has 0 bridgehead atoms. The van der Waals surface area contributed by atoms with Crippen LogP contribution in [0.4, 0.5) is 10.5 Å². The summed E-state index contributed by atoms with van der Waals surface area (Å²) in [4.78, 5) is 17.5. The summed E-state index contributed by atoms with van der Waals surface area (Å²) in [5.41, 5.74) is 4.54. The zero-order valence-electron chi connectivity index (χ0n) is 26.4. The first-order valence-electron chi connectivity index (χ1n) is 15.2. The molecule has 0 amide bonds. The lowest BCUT2D eigenvalue weighted by atomic mass is 10.0. The predicted octanol–water partition coefficient (Wildman–Crippen LogP) is 8.90. The van der Waals surface area contributed by atoms with E-state index >= 15 is 0 Å². The molecule has 5 rings (SSSR count). The number of ether oxygens (including phenoxy) is 2. The molecule has 0 aliphatic rings.